The van der Waals surface area contributed by atoms with Crippen LogP contribution in [-0.4, -0.2) is 6.04 Å². The van der Waals surface area contributed by atoms with Gasteiger partial charge in [0.25, 0.3) is 0 Å². The lowest BCUT2D eigenvalue weighted by Gasteiger charge is -2.08. The fourth-order valence-electron chi connectivity index (χ4n) is 2.15. The number of benzene rings is 2. The quantitative estimate of drug-likeness (QED) is 0.881. The van der Waals surface area contributed by atoms with Crippen molar-refractivity contribution in [3.05, 3.63) is 65.2 Å². The second kappa shape index (κ2) is 6.43. The van der Waals surface area contributed by atoms with E-state index in [2.05, 4.69) is 23.5 Å². The van der Waals surface area contributed by atoms with E-state index in [1.807, 2.05) is 30.3 Å². The van der Waals surface area contributed by atoms with Gasteiger partial charge in [0.15, 0.2) is 0 Å². The Morgan fingerprint density at radius 3 is 2.62 bits per heavy atom. The Morgan fingerprint density at radius 1 is 1.10 bits per heavy atom. The molecule has 1 saturated carbocycles. The van der Waals surface area contributed by atoms with Crippen LogP contribution in [0, 0.1) is 11.3 Å². The summed E-state index contributed by atoms with van der Waals surface area (Å²) in [5.74, 6) is 0.854. The fourth-order valence-corrected chi connectivity index (χ4v) is 2.15. The monoisotopic (exact) mass is 278 g/mol. The van der Waals surface area contributed by atoms with Crippen molar-refractivity contribution in [1.29, 1.82) is 5.26 Å². The van der Waals surface area contributed by atoms with Crippen LogP contribution in [0.15, 0.2) is 48.5 Å². The minimum absolute atomic E-state index is 0.481. The molecule has 2 aromatic rings. The third-order valence-electron chi connectivity index (χ3n) is 3.56. The summed E-state index contributed by atoms with van der Waals surface area (Å²) in [5.41, 5.74) is 2.95. The third-order valence-corrected chi connectivity index (χ3v) is 3.56. The zero-order valence-electron chi connectivity index (χ0n) is 11.9. The molecule has 0 bridgehead atoms. The molecule has 3 heteroatoms. The summed E-state index contributed by atoms with van der Waals surface area (Å²) in [5, 5.41) is 12.4. The van der Waals surface area contributed by atoms with Gasteiger partial charge >= 0.3 is 0 Å². The zero-order chi connectivity index (χ0) is 14.5. The van der Waals surface area contributed by atoms with Crippen molar-refractivity contribution in [1.82, 2.24) is 5.32 Å². The van der Waals surface area contributed by atoms with Gasteiger partial charge in [-0.05, 0) is 48.2 Å². The average molecular weight is 278 g/mol. The van der Waals surface area contributed by atoms with E-state index in [9.17, 15) is 0 Å². The lowest BCUT2D eigenvalue weighted by molar-refractivity contribution is 0.306. The van der Waals surface area contributed by atoms with Crippen LogP contribution in [0.5, 0.6) is 5.75 Å². The van der Waals surface area contributed by atoms with E-state index >= 15 is 0 Å². The van der Waals surface area contributed by atoms with Gasteiger partial charge in [-0.15, -0.1) is 0 Å². The molecule has 0 atom stereocenters. The van der Waals surface area contributed by atoms with Crippen LogP contribution in [0.4, 0.5) is 0 Å². The highest BCUT2D eigenvalue weighted by Crippen LogP contribution is 2.20. The van der Waals surface area contributed by atoms with E-state index in [0.717, 1.165) is 23.9 Å². The van der Waals surface area contributed by atoms with Gasteiger partial charge in [0.1, 0.15) is 12.4 Å². The van der Waals surface area contributed by atoms with Crippen LogP contribution in [0.25, 0.3) is 0 Å². The van der Waals surface area contributed by atoms with Gasteiger partial charge in [0.2, 0.25) is 0 Å². The van der Waals surface area contributed by atoms with Crippen LogP contribution >= 0.6 is 0 Å². The van der Waals surface area contributed by atoms with E-state index in [1.165, 1.54) is 18.4 Å². The molecular formula is C18H18N2O. The highest BCUT2D eigenvalue weighted by Gasteiger charge is 2.19. The summed E-state index contributed by atoms with van der Waals surface area (Å²) < 4.78 is 5.75. The summed E-state index contributed by atoms with van der Waals surface area (Å²) in [7, 11) is 0. The number of hydrogen-bond acceptors (Lipinski definition) is 3. The topological polar surface area (TPSA) is 45.0 Å². The van der Waals surface area contributed by atoms with Crippen molar-refractivity contribution in [3.8, 4) is 11.8 Å². The zero-order valence-corrected chi connectivity index (χ0v) is 11.9. The van der Waals surface area contributed by atoms with Crippen molar-refractivity contribution >= 4 is 0 Å². The van der Waals surface area contributed by atoms with Gasteiger partial charge in [-0.25, -0.2) is 0 Å². The molecule has 0 saturated heterocycles. The van der Waals surface area contributed by atoms with Crippen LogP contribution in [0.2, 0.25) is 0 Å². The molecule has 1 aliphatic rings. The number of nitriles is 1. The van der Waals surface area contributed by atoms with Crippen LogP contribution < -0.4 is 10.1 Å². The molecule has 2 aromatic carbocycles. The summed E-state index contributed by atoms with van der Waals surface area (Å²) in [4.78, 5) is 0. The predicted molar refractivity (Wildman–Crippen MR) is 81.8 cm³/mol. The van der Waals surface area contributed by atoms with Gasteiger partial charge in [0, 0.05) is 12.6 Å². The lowest BCUT2D eigenvalue weighted by atomic mass is 10.1. The van der Waals surface area contributed by atoms with Crippen molar-refractivity contribution < 1.29 is 4.74 Å². The standard InChI is InChI=1S/C18H18N2O/c19-11-15-2-1-3-16(10-15)13-21-18-8-4-14(5-9-18)12-20-17-6-7-17/h1-5,8-10,17,20H,6-7,12-13H2. The Hall–Kier alpha value is -2.31. The van der Waals surface area contributed by atoms with Crippen molar-refractivity contribution in [3.63, 3.8) is 0 Å². The Kier molecular flexibility index (Phi) is 4.18. The van der Waals surface area contributed by atoms with E-state index in [4.69, 9.17) is 10.00 Å². The van der Waals surface area contributed by atoms with E-state index in [-0.39, 0.29) is 0 Å². The molecule has 1 aliphatic carbocycles. The molecule has 0 aromatic heterocycles. The van der Waals surface area contributed by atoms with Gasteiger partial charge in [0.05, 0.1) is 11.6 Å². The molecule has 1 N–H and O–H groups in total. The normalized spacial score (nSPS) is 13.7. The molecule has 0 aliphatic heterocycles. The van der Waals surface area contributed by atoms with E-state index in [1.54, 1.807) is 6.07 Å². The smallest absolute Gasteiger partial charge is 0.119 e. The van der Waals surface area contributed by atoms with Gasteiger partial charge < -0.3 is 10.1 Å². The largest absolute Gasteiger partial charge is 0.489 e. The molecule has 0 spiro atoms. The first kappa shape index (κ1) is 13.7. The molecular weight excluding hydrogens is 260 g/mol. The first-order chi connectivity index (χ1) is 10.3. The molecule has 106 valence electrons. The van der Waals surface area contributed by atoms with Gasteiger partial charge in [-0.2, -0.15) is 5.26 Å². The number of hydrogen-bond donors (Lipinski definition) is 1. The number of rotatable bonds is 6. The van der Waals surface area contributed by atoms with Crippen LogP contribution in [0.1, 0.15) is 29.5 Å². The first-order valence-electron chi connectivity index (χ1n) is 7.27. The minimum Gasteiger partial charge on any atom is -0.489 e. The second-order valence-corrected chi connectivity index (χ2v) is 5.40. The van der Waals surface area contributed by atoms with Crippen molar-refractivity contribution in [2.24, 2.45) is 0 Å². The lowest BCUT2D eigenvalue weighted by Crippen LogP contribution is -2.15. The molecule has 0 amide bonds. The maximum atomic E-state index is 8.88. The molecule has 21 heavy (non-hydrogen) atoms. The van der Waals surface area contributed by atoms with Crippen molar-refractivity contribution in [2.45, 2.75) is 32.0 Å². The molecule has 3 nitrogen and oxygen atoms in total. The summed E-state index contributed by atoms with van der Waals surface area (Å²) in [6.07, 6.45) is 2.62. The number of nitrogens with zero attached hydrogens (tertiary/aromatic N) is 1. The molecule has 0 heterocycles. The third kappa shape index (κ3) is 4.08. The Morgan fingerprint density at radius 2 is 1.90 bits per heavy atom. The minimum atomic E-state index is 0.481. The van der Waals surface area contributed by atoms with Crippen molar-refractivity contribution in [2.75, 3.05) is 0 Å². The first-order valence-corrected chi connectivity index (χ1v) is 7.27. The predicted octanol–water partition coefficient (Wildman–Crippen LogP) is 3.39. The Balaban J connectivity index is 1.53. The molecule has 0 unspecified atom stereocenters. The maximum Gasteiger partial charge on any atom is 0.119 e. The van der Waals surface area contributed by atoms with E-state index < -0.39 is 0 Å². The summed E-state index contributed by atoms with van der Waals surface area (Å²) in [6, 6.07) is 18.5. The second-order valence-electron chi connectivity index (χ2n) is 5.40. The van der Waals surface area contributed by atoms with Gasteiger partial charge in [-0.1, -0.05) is 24.3 Å². The Labute approximate surface area is 125 Å². The van der Waals surface area contributed by atoms with Crippen LogP contribution in [-0.2, 0) is 13.2 Å². The highest BCUT2D eigenvalue weighted by atomic mass is 16.5. The number of nitrogens with one attached hydrogen (secondary N) is 1. The molecule has 3 rings (SSSR count). The average Bonchev–Trinajstić information content (AvgIpc) is 3.36. The fraction of sp³-hybridized carbons (Fsp3) is 0.278. The van der Waals surface area contributed by atoms with Gasteiger partial charge in [-0.3, -0.25) is 0 Å². The molecule has 1 fully saturated rings. The maximum absolute atomic E-state index is 8.88. The number of ether oxygens (including phenoxy) is 1. The summed E-state index contributed by atoms with van der Waals surface area (Å²) >= 11 is 0. The van der Waals surface area contributed by atoms with E-state index in [0.29, 0.717) is 12.2 Å². The van der Waals surface area contributed by atoms with Crippen LogP contribution in [0.3, 0.4) is 0 Å². The summed E-state index contributed by atoms with van der Waals surface area (Å²) in [6.45, 7) is 1.41. The Bertz CT molecular complexity index is 639. The SMILES string of the molecule is N#Cc1cccc(COc2ccc(CNC3CC3)cc2)c1. The highest BCUT2D eigenvalue weighted by molar-refractivity contribution is 5.33. The molecule has 0 radical (unpaired) electrons.